The van der Waals surface area contributed by atoms with Crippen LogP contribution >= 0.6 is 0 Å². The molecule has 0 saturated carbocycles. The van der Waals surface area contributed by atoms with Crippen molar-refractivity contribution in [2.75, 3.05) is 13.2 Å². The summed E-state index contributed by atoms with van der Waals surface area (Å²) in [5.41, 5.74) is 2.85. The Kier molecular flexibility index (Phi) is 7.42. The number of carboxylic acids is 1. The van der Waals surface area contributed by atoms with Crippen LogP contribution in [0.1, 0.15) is 37.8 Å². The van der Waals surface area contributed by atoms with Crippen molar-refractivity contribution in [3.8, 4) is 11.1 Å². The van der Waals surface area contributed by atoms with E-state index >= 15 is 0 Å². The highest BCUT2D eigenvalue weighted by molar-refractivity contribution is 5.86. The molecule has 2 amide bonds. The van der Waals surface area contributed by atoms with E-state index in [9.17, 15) is 32.7 Å². The average molecular weight is 492 g/mol. The number of carbonyl (C=O) groups is 3. The molecular weight excluding hydrogens is 465 g/mol. The first-order chi connectivity index (χ1) is 16.3. The summed E-state index contributed by atoms with van der Waals surface area (Å²) >= 11 is 0. The van der Waals surface area contributed by atoms with E-state index in [1.165, 1.54) is 20.8 Å². The summed E-state index contributed by atoms with van der Waals surface area (Å²) in [6.07, 6.45) is -6.12. The van der Waals surface area contributed by atoms with Gasteiger partial charge >= 0.3 is 18.2 Å². The fourth-order valence-corrected chi connectivity index (χ4v) is 4.08. The molecular formula is C25H27F3N2O5. The third-order valence-corrected chi connectivity index (χ3v) is 5.91. The summed E-state index contributed by atoms with van der Waals surface area (Å²) in [6.45, 7) is 3.23. The van der Waals surface area contributed by atoms with Gasteiger partial charge in [-0.25, -0.2) is 9.59 Å². The van der Waals surface area contributed by atoms with Crippen molar-refractivity contribution in [3.63, 3.8) is 0 Å². The molecule has 3 rings (SSSR count). The molecule has 0 saturated heterocycles. The van der Waals surface area contributed by atoms with Crippen molar-refractivity contribution < 1.29 is 37.4 Å². The lowest BCUT2D eigenvalue weighted by Crippen LogP contribution is -2.54. The van der Waals surface area contributed by atoms with Crippen LogP contribution in [-0.2, 0) is 14.3 Å². The first-order valence-corrected chi connectivity index (χ1v) is 11.0. The van der Waals surface area contributed by atoms with Crippen molar-refractivity contribution in [2.24, 2.45) is 11.3 Å². The third kappa shape index (κ3) is 5.93. The van der Waals surface area contributed by atoms with Crippen LogP contribution in [0.25, 0.3) is 11.1 Å². The molecule has 1 unspecified atom stereocenters. The van der Waals surface area contributed by atoms with Crippen LogP contribution in [0.15, 0.2) is 48.5 Å². The Balaban J connectivity index is 1.64. The van der Waals surface area contributed by atoms with E-state index < -0.39 is 48.1 Å². The number of amides is 2. The number of carboxylic acid groups (broad SMARTS) is 1. The van der Waals surface area contributed by atoms with Gasteiger partial charge in [-0.15, -0.1) is 0 Å². The van der Waals surface area contributed by atoms with Crippen LogP contribution in [0.3, 0.4) is 0 Å². The van der Waals surface area contributed by atoms with Crippen LogP contribution in [0.2, 0.25) is 0 Å². The van der Waals surface area contributed by atoms with Gasteiger partial charge in [0.2, 0.25) is 5.91 Å². The van der Waals surface area contributed by atoms with Crippen LogP contribution in [0.4, 0.5) is 18.0 Å². The Morgan fingerprint density at radius 3 is 1.94 bits per heavy atom. The summed E-state index contributed by atoms with van der Waals surface area (Å²) in [7, 11) is 0. The largest absolute Gasteiger partial charge is 0.480 e. The monoisotopic (exact) mass is 492 g/mol. The molecule has 2 atom stereocenters. The van der Waals surface area contributed by atoms with E-state index in [-0.39, 0.29) is 12.5 Å². The highest BCUT2D eigenvalue weighted by Gasteiger charge is 2.47. The van der Waals surface area contributed by atoms with Gasteiger partial charge in [-0.2, -0.15) is 13.2 Å². The number of ether oxygens (including phenoxy) is 1. The molecule has 1 aliphatic carbocycles. The minimum absolute atomic E-state index is 0.103. The van der Waals surface area contributed by atoms with E-state index in [0.29, 0.717) is 0 Å². The van der Waals surface area contributed by atoms with Crippen LogP contribution in [-0.4, -0.2) is 48.4 Å². The maximum atomic E-state index is 13.5. The smallest absolute Gasteiger partial charge is 0.407 e. The standard InChI is InChI=1S/C25H27F3N2O5/c1-24(2,3)20(22(32)33)30-21(31)19(25(26,27)28)12-29-23(34)35-13-18-16-10-6-4-8-14(16)15-9-5-7-11-17(15)18/h4-11,18-20H,12-13H2,1-3H3,(H,29,34)(H,30,31)(H,32,33)/t19?,20-/m1/s1. The number of benzene rings is 2. The molecule has 2 aromatic carbocycles. The van der Waals surface area contributed by atoms with Gasteiger partial charge in [-0.05, 0) is 27.7 Å². The van der Waals surface area contributed by atoms with E-state index in [4.69, 9.17) is 4.74 Å². The summed E-state index contributed by atoms with van der Waals surface area (Å²) < 4.78 is 45.8. The fourth-order valence-electron chi connectivity index (χ4n) is 4.08. The predicted octanol–water partition coefficient (Wildman–Crippen LogP) is 4.32. The molecule has 7 nitrogen and oxygen atoms in total. The van der Waals surface area contributed by atoms with Crippen molar-refractivity contribution in [1.29, 1.82) is 0 Å². The fraction of sp³-hybridized carbons (Fsp3) is 0.400. The second-order valence-corrected chi connectivity index (χ2v) is 9.45. The molecule has 0 radical (unpaired) electrons. The zero-order valence-corrected chi connectivity index (χ0v) is 19.5. The maximum absolute atomic E-state index is 13.5. The highest BCUT2D eigenvalue weighted by Crippen LogP contribution is 2.44. The van der Waals surface area contributed by atoms with Crippen molar-refractivity contribution in [1.82, 2.24) is 10.6 Å². The van der Waals surface area contributed by atoms with E-state index in [0.717, 1.165) is 22.3 Å². The Morgan fingerprint density at radius 1 is 0.971 bits per heavy atom. The zero-order chi connectivity index (χ0) is 26.0. The molecule has 35 heavy (non-hydrogen) atoms. The molecule has 2 aromatic rings. The van der Waals surface area contributed by atoms with E-state index in [2.05, 4.69) is 0 Å². The molecule has 0 fully saturated rings. The summed E-state index contributed by atoms with van der Waals surface area (Å²) in [6, 6.07) is 13.6. The minimum Gasteiger partial charge on any atom is -0.480 e. The number of halogens is 3. The molecule has 0 aliphatic heterocycles. The lowest BCUT2D eigenvalue weighted by atomic mass is 9.86. The third-order valence-electron chi connectivity index (χ3n) is 5.91. The Bertz CT molecular complexity index is 1070. The number of aliphatic carboxylic acids is 1. The summed E-state index contributed by atoms with van der Waals surface area (Å²) in [5.74, 6) is -5.93. The second-order valence-electron chi connectivity index (χ2n) is 9.45. The van der Waals surface area contributed by atoms with Crippen molar-refractivity contribution >= 4 is 18.0 Å². The Hall–Kier alpha value is -3.56. The minimum atomic E-state index is -5.01. The first-order valence-electron chi connectivity index (χ1n) is 11.0. The number of hydrogen-bond donors (Lipinski definition) is 3. The average Bonchev–Trinajstić information content (AvgIpc) is 3.08. The quantitative estimate of drug-likeness (QED) is 0.534. The number of rotatable bonds is 7. The molecule has 0 aromatic heterocycles. The SMILES string of the molecule is CC(C)(C)[C@H](NC(=O)C(CNC(=O)OCC1c2ccccc2-c2ccccc21)C(F)(F)F)C(=O)O. The van der Waals surface area contributed by atoms with Crippen LogP contribution < -0.4 is 10.6 Å². The normalized spacial score (nSPS) is 14.9. The predicted molar refractivity (Wildman–Crippen MR) is 122 cm³/mol. The van der Waals surface area contributed by atoms with Crippen LogP contribution in [0.5, 0.6) is 0 Å². The first kappa shape index (κ1) is 26.1. The van der Waals surface area contributed by atoms with Gasteiger partial charge in [0.1, 0.15) is 12.6 Å². The summed E-state index contributed by atoms with van der Waals surface area (Å²) in [4.78, 5) is 36.0. The maximum Gasteiger partial charge on any atom is 0.407 e. The number of hydrogen-bond acceptors (Lipinski definition) is 4. The molecule has 0 spiro atoms. The van der Waals surface area contributed by atoms with Gasteiger partial charge in [-0.3, -0.25) is 4.79 Å². The number of nitrogens with one attached hydrogen (secondary N) is 2. The summed E-state index contributed by atoms with van der Waals surface area (Å²) in [5, 5.41) is 13.2. The molecule has 3 N–H and O–H groups in total. The Labute approximate surface area is 200 Å². The number of alkyl carbamates (subject to hydrolysis) is 1. The molecule has 188 valence electrons. The molecule has 0 heterocycles. The van der Waals surface area contributed by atoms with Gasteiger partial charge < -0.3 is 20.5 Å². The number of fused-ring (bicyclic) bond motifs is 3. The highest BCUT2D eigenvalue weighted by atomic mass is 19.4. The van der Waals surface area contributed by atoms with Gasteiger partial charge in [0.05, 0.1) is 0 Å². The van der Waals surface area contributed by atoms with Crippen molar-refractivity contribution in [2.45, 2.75) is 38.9 Å². The van der Waals surface area contributed by atoms with Gasteiger partial charge in [0.15, 0.2) is 5.92 Å². The molecule has 1 aliphatic rings. The van der Waals surface area contributed by atoms with E-state index in [1.807, 2.05) is 59.2 Å². The molecule has 10 heteroatoms. The van der Waals surface area contributed by atoms with Gasteiger partial charge in [-0.1, -0.05) is 69.3 Å². The van der Waals surface area contributed by atoms with Crippen LogP contribution in [0, 0.1) is 11.3 Å². The number of carbonyl (C=O) groups excluding carboxylic acids is 2. The van der Waals surface area contributed by atoms with Gasteiger partial charge in [0.25, 0.3) is 0 Å². The second kappa shape index (κ2) is 9.97. The zero-order valence-electron chi connectivity index (χ0n) is 19.5. The van der Waals surface area contributed by atoms with Gasteiger partial charge in [0, 0.05) is 12.5 Å². The van der Waals surface area contributed by atoms with Crippen molar-refractivity contribution in [3.05, 3.63) is 59.7 Å². The topological polar surface area (TPSA) is 105 Å². The van der Waals surface area contributed by atoms with E-state index in [1.54, 1.807) is 0 Å². The molecule has 0 bridgehead atoms. The Morgan fingerprint density at radius 2 is 1.49 bits per heavy atom. The lowest BCUT2D eigenvalue weighted by molar-refractivity contribution is -0.183. The number of alkyl halides is 3. The lowest BCUT2D eigenvalue weighted by Gasteiger charge is -2.30.